The van der Waals surface area contributed by atoms with Crippen molar-refractivity contribution in [3.05, 3.63) is 206 Å². The summed E-state index contributed by atoms with van der Waals surface area (Å²) in [5.41, 5.74) is 9.72. The van der Waals surface area contributed by atoms with Gasteiger partial charge in [-0.2, -0.15) is 0 Å². The van der Waals surface area contributed by atoms with Crippen molar-refractivity contribution in [2.75, 3.05) is 0 Å². The van der Waals surface area contributed by atoms with E-state index in [9.17, 15) is 0 Å². The molecule has 0 N–H and O–H groups in total. The molecular weight excluding hydrogens is 813 g/mol. The van der Waals surface area contributed by atoms with Crippen LogP contribution in [0.15, 0.2) is 211 Å². The Labute approximate surface area is 376 Å². The lowest BCUT2D eigenvalue weighted by Gasteiger charge is -2.14. The van der Waals surface area contributed by atoms with Crippen molar-refractivity contribution in [3.63, 3.8) is 0 Å². The van der Waals surface area contributed by atoms with E-state index in [4.69, 9.17) is 19.4 Å². The minimum absolute atomic E-state index is 0.572. The van der Waals surface area contributed by atoms with Crippen LogP contribution in [-0.2, 0) is 0 Å². The number of fused-ring (bicyclic) bond motifs is 11. The van der Waals surface area contributed by atoms with Gasteiger partial charge in [-0.05, 0) is 87.3 Å². The number of rotatable bonds is 5. The van der Waals surface area contributed by atoms with E-state index in [-0.39, 0.29) is 0 Å². The van der Waals surface area contributed by atoms with E-state index in [0.717, 1.165) is 71.2 Å². The van der Waals surface area contributed by atoms with Crippen LogP contribution >= 0.6 is 11.3 Å². The summed E-state index contributed by atoms with van der Waals surface area (Å²) < 4.78 is 11.6. The summed E-state index contributed by atoms with van der Waals surface area (Å²) in [6, 6.07) is 73.3. The standard InChI is InChI=1S/C59H34N4OS/c1-2-14-35(15-3-1)36-20-12-21-41(28-36)57-60-58(46-25-13-24-44-43-22-9-11-27-54(43)65-56(44)46)62-59(61-57)49-33-42(34-53-55(49)45-23-8-10-26-52(45)64-53)63-50-31-39-18-6-4-16-37(39)29-47(50)48-30-38-17-5-7-19-40(38)32-51(48)63/h1-34H. The second kappa shape index (κ2) is 14.0. The summed E-state index contributed by atoms with van der Waals surface area (Å²) >= 11 is 1.78. The van der Waals surface area contributed by atoms with Gasteiger partial charge in [0, 0.05) is 64.5 Å². The minimum Gasteiger partial charge on any atom is -0.456 e. The van der Waals surface area contributed by atoms with Crippen LogP contribution in [0.5, 0.6) is 0 Å². The topological polar surface area (TPSA) is 56.7 Å². The van der Waals surface area contributed by atoms with Gasteiger partial charge < -0.3 is 8.98 Å². The first kappa shape index (κ1) is 36.1. The summed E-state index contributed by atoms with van der Waals surface area (Å²) in [6.45, 7) is 0. The highest BCUT2D eigenvalue weighted by molar-refractivity contribution is 7.26. The Hall–Kier alpha value is -8.45. The van der Waals surface area contributed by atoms with Gasteiger partial charge >= 0.3 is 0 Å². The first-order valence-electron chi connectivity index (χ1n) is 21.8. The number of thiophene rings is 1. The van der Waals surface area contributed by atoms with Gasteiger partial charge in [-0.1, -0.05) is 146 Å². The molecule has 5 nitrogen and oxygen atoms in total. The minimum atomic E-state index is 0.572. The van der Waals surface area contributed by atoms with Gasteiger partial charge in [0.1, 0.15) is 11.2 Å². The fourth-order valence-electron chi connectivity index (χ4n) is 9.95. The van der Waals surface area contributed by atoms with Crippen LogP contribution in [0.3, 0.4) is 0 Å². The summed E-state index contributed by atoms with van der Waals surface area (Å²) in [7, 11) is 0. The third kappa shape index (κ3) is 5.67. The quantitative estimate of drug-likeness (QED) is 0.173. The molecule has 14 rings (SSSR count). The lowest BCUT2D eigenvalue weighted by atomic mass is 10.0. The number of nitrogens with zero attached hydrogens (tertiary/aromatic N) is 4. The molecular formula is C59H34N4OS. The molecule has 65 heavy (non-hydrogen) atoms. The van der Waals surface area contributed by atoms with Gasteiger partial charge in [-0.15, -0.1) is 11.3 Å². The fourth-order valence-corrected chi connectivity index (χ4v) is 11.2. The number of hydrogen-bond donors (Lipinski definition) is 0. The molecule has 10 aromatic carbocycles. The van der Waals surface area contributed by atoms with Crippen LogP contribution in [0.1, 0.15) is 0 Å². The highest BCUT2D eigenvalue weighted by atomic mass is 32.1. The number of hydrogen-bond acceptors (Lipinski definition) is 5. The van der Waals surface area contributed by atoms with Gasteiger partial charge in [-0.3, -0.25) is 0 Å². The first-order chi connectivity index (χ1) is 32.2. The van der Waals surface area contributed by atoms with Crippen molar-refractivity contribution in [1.82, 2.24) is 19.5 Å². The normalized spacial score (nSPS) is 12.0. The van der Waals surface area contributed by atoms with Crippen LogP contribution in [-0.4, -0.2) is 19.5 Å². The van der Waals surface area contributed by atoms with Crippen molar-refractivity contribution in [3.8, 4) is 51.0 Å². The highest BCUT2D eigenvalue weighted by Gasteiger charge is 2.23. The second-order valence-corrected chi connectivity index (χ2v) is 17.8. The largest absolute Gasteiger partial charge is 0.456 e. The summed E-state index contributed by atoms with van der Waals surface area (Å²) in [5, 5.41) is 11.5. The van der Waals surface area contributed by atoms with Crippen molar-refractivity contribution >= 4 is 96.8 Å². The number of furan rings is 1. The van der Waals surface area contributed by atoms with Crippen LogP contribution in [0, 0.1) is 0 Å². The Morgan fingerprint density at radius 3 is 1.69 bits per heavy atom. The highest BCUT2D eigenvalue weighted by Crippen LogP contribution is 2.44. The zero-order valence-corrected chi connectivity index (χ0v) is 35.6. The van der Waals surface area contributed by atoms with E-state index in [2.05, 4.69) is 193 Å². The molecule has 0 atom stereocenters. The second-order valence-electron chi connectivity index (χ2n) is 16.8. The zero-order valence-electron chi connectivity index (χ0n) is 34.7. The molecule has 6 heteroatoms. The molecule has 4 heterocycles. The van der Waals surface area contributed by atoms with E-state index in [1.165, 1.54) is 47.8 Å². The molecule has 4 aromatic heterocycles. The molecule has 0 aliphatic rings. The van der Waals surface area contributed by atoms with Crippen LogP contribution < -0.4 is 0 Å². The van der Waals surface area contributed by atoms with E-state index in [1.54, 1.807) is 11.3 Å². The van der Waals surface area contributed by atoms with E-state index >= 15 is 0 Å². The Morgan fingerprint density at radius 1 is 0.369 bits per heavy atom. The molecule has 0 aliphatic carbocycles. The van der Waals surface area contributed by atoms with Crippen LogP contribution in [0.4, 0.5) is 0 Å². The average Bonchev–Trinajstić information content (AvgIpc) is 4.04. The molecule has 0 bridgehead atoms. The lowest BCUT2D eigenvalue weighted by Crippen LogP contribution is -2.02. The molecule has 0 aliphatic heterocycles. The average molecular weight is 847 g/mol. The van der Waals surface area contributed by atoms with Crippen molar-refractivity contribution in [2.24, 2.45) is 0 Å². The van der Waals surface area contributed by atoms with Gasteiger partial charge in [0.05, 0.1) is 16.7 Å². The summed E-state index contributed by atoms with van der Waals surface area (Å²) in [4.78, 5) is 16.3. The van der Waals surface area contributed by atoms with E-state index < -0.39 is 0 Å². The monoisotopic (exact) mass is 846 g/mol. The first-order valence-corrected chi connectivity index (χ1v) is 22.6. The van der Waals surface area contributed by atoms with Crippen LogP contribution in [0.25, 0.3) is 136 Å². The van der Waals surface area contributed by atoms with Crippen LogP contribution in [0.2, 0.25) is 0 Å². The van der Waals surface area contributed by atoms with Gasteiger partial charge in [0.15, 0.2) is 17.5 Å². The molecule has 302 valence electrons. The van der Waals surface area contributed by atoms with E-state index in [1.807, 2.05) is 18.2 Å². The molecule has 0 saturated carbocycles. The van der Waals surface area contributed by atoms with Crippen molar-refractivity contribution < 1.29 is 4.42 Å². The Balaban J connectivity index is 1.09. The Kier molecular flexibility index (Phi) is 7.79. The van der Waals surface area contributed by atoms with Gasteiger partial charge in [0.25, 0.3) is 0 Å². The summed E-state index contributed by atoms with van der Waals surface area (Å²) in [5.74, 6) is 1.79. The molecule has 0 amide bonds. The van der Waals surface area contributed by atoms with Gasteiger partial charge in [-0.25, -0.2) is 15.0 Å². The number of para-hydroxylation sites is 1. The third-order valence-corrected chi connectivity index (χ3v) is 14.2. The molecule has 0 fully saturated rings. The predicted molar refractivity (Wildman–Crippen MR) is 271 cm³/mol. The maximum Gasteiger partial charge on any atom is 0.165 e. The molecule has 0 radical (unpaired) electrons. The maximum absolute atomic E-state index is 6.82. The lowest BCUT2D eigenvalue weighted by molar-refractivity contribution is 0.668. The molecule has 0 spiro atoms. The SMILES string of the molecule is c1ccc(-c2cccc(-c3nc(-c4cccc5c4sc4ccccc45)nc(-c4cc(-n5c6cc7ccccc7cc6c6cc7ccccc7cc65)cc5oc6ccccc6c45)n3)c2)cc1. The molecule has 0 saturated heterocycles. The predicted octanol–water partition coefficient (Wildman–Crippen LogP) is 16.2. The fraction of sp³-hybridized carbons (Fsp3) is 0. The number of benzene rings is 10. The Bertz CT molecular complexity index is 4160. The zero-order chi connectivity index (χ0) is 42.6. The smallest absolute Gasteiger partial charge is 0.165 e. The molecule has 0 unspecified atom stereocenters. The third-order valence-electron chi connectivity index (χ3n) is 13.0. The number of aromatic nitrogens is 4. The van der Waals surface area contributed by atoms with Gasteiger partial charge in [0.2, 0.25) is 0 Å². The van der Waals surface area contributed by atoms with Crippen molar-refractivity contribution in [1.29, 1.82) is 0 Å². The van der Waals surface area contributed by atoms with Crippen molar-refractivity contribution in [2.45, 2.75) is 0 Å². The molecule has 14 aromatic rings. The summed E-state index contributed by atoms with van der Waals surface area (Å²) in [6.07, 6.45) is 0. The maximum atomic E-state index is 6.82. The van der Waals surface area contributed by atoms with E-state index in [0.29, 0.717) is 17.5 Å². The Morgan fingerprint density at radius 2 is 0.938 bits per heavy atom.